The van der Waals surface area contributed by atoms with Crippen LogP contribution in [0.25, 0.3) is 6.08 Å². The third kappa shape index (κ3) is 2.30. The summed E-state index contributed by atoms with van der Waals surface area (Å²) in [5.74, 6) is 1.41. The lowest BCUT2D eigenvalue weighted by Gasteiger charge is -2.13. The highest BCUT2D eigenvalue weighted by Gasteiger charge is 2.11. The number of aliphatic hydroxyl groups excluding tert-OH is 1. The Hall–Kier alpha value is -1.48. The second-order valence-electron chi connectivity index (χ2n) is 3.02. The zero-order valence-electron chi connectivity index (χ0n) is 9.28. The van der Waals surface area contributed by atoms with Crippen molar-refractivity contribution >= 4 is 6.08 Å². The van der Waals surface area contributed by atoms with Gasteiger partial charge in [-0.1, -0.05) is 12.2 Å². The van der Waals surface area contributed by atoms with Crippen molar-refractivity contribution in [1.29, 1.82) is 0 Å². The summed E-state index contributed by atoms with van der Waals surface area (Å²) >= 11 is 0. The van der Waals surface area contributed by atoms with Crippen LogP contribution in [-0.2, 0) is 6.61 Å². The minimum absolute atomic E-state index is 0.0694. The molecule has 0 aliphatic carbocycles. The number of ether oxygens (including phenoxy) is 2. The van der Waals surface area contributed by atoms with Gasteiger partial charge in [0.1, 0.15) is 11.5 Å². The summed E-state index contributed by atoms with van der Waals surface area (Å²) in [7, 11) is 3.19. The molecule has 0 aromatic heterocycles. The molecule has 0 atom stereocenters. The Morgan fingerprint density at radius 2 is 1.80 bits per heavy atom. The summed E-state index contributed by atoms with van der Waals surface area (Å²) in [6, 6.07) is 3.62. The summed E-state index contributed by atoms with van der Waals surface area (Å²) in [5, 5.41) is 9.31. The van der Waals surface area contributed by atoms with Crippen molar-refractivity contribution in [3.63, 3.8) is 0 Å². The second-order valence-corrected chi connectivity index (χ2v) is 3.02. The highest BCUT2D eigenvalue weighted by molar-refractivity contribution is 5.64. The van der Waals surface area contributed by atoms with Crippen molar-refractivity contribution < 1.29 is 14.6 Å². The minimum atomic E-state index is -0.0694. The first kappa shape index (κ1) is 11.6. The van der Waals surface area contributed by atoms with Crippen LogP contribution >= 0.6 is 0 Å². The van der Waals surface area contributed by atoms with Crippen LogP contribution in [0.15, 0.2) is 18.2 Å². The van der Waals surface area contributed by atoms with Gasteiger partial charge in [0.2, 0.25) is 0 Å². The second kappa shape index (κ2) is 5.41. The predicted octanol–water partition coefficient (Wildman–Crippen LogP) is 2.23. The van der Waals surface area contributed by atoms with Gasteiger partial charge in [0, 0.05) is 11.1 Å². The van der Waals surface area contributed by atoms with Crippen molar-refractivity contribution in [1.82, 2.24) is 0 Å². The molecule has 0 amide bonds. The van der Waals surface area contributed by atoms with Crippen LogP contribution in [0, 0.1) is 0 Å². The minimum Gasteiger partial charge on any atom is -0.496 e. The highest BCUT2D eigenvalue weighted by atomic mass is 16.5. The molecule has 0 spiro atoms. The van der Waals surface area contributed by atoms with Gasteiger partial charge >= 0.3 is 0 Å². The zero-order chi connectivity index (χ0) is 11.3. The molecular formula is C12H16O3. The summed E-state index contributed by atoms with van der Waals surface area (Å²) < 4.78 is 10.4. The molecule has 15 heavy (non-hydrogen) atoms. The number of methoxy groups -OCH3 is 2. The van der Waals surface area contributed by atoms with E-state index in [2.05, 4.69) is 0 Å². The van der Waals surface area contributed by atoms with E-state index >= 15 is 0 Å². The SMILES string of the molecule is C/C=C/c1c(OC)ccc(OC)c1CO. The molecule has 0 aliphatic rings. The maximum Gasteiger partial charge on any atom is 0.126 e. The van der Waals surface area contributed by atoms with Gasteiger partial charge in [-0.15, -0.1) is 0 Å². The normalized spacial score (nSPS) is 10.7. The molecular weight excluding hydrogens is 192 g/mol. The van der Waals surface area contributed by atoms with Crippen LogP contribution in [0.3, 0.4) is 0 Å². The molecule has 0 radical (unpaired) electrons. The molecule has 1 aromatic carbocycles. The van der Waals surface area contributed by atoms with Gasteiger partial charge in [0.05, 0.1) is 20.8 Å². The summed E-state index contributed by atoms with van der Waals surface area (Å²) in [5.41, 5.74) is 1.61. The molecule has 3 nitrogen and oxygen atoms in total. The first-order valence-electron chi connectivity index (χ1n) is 4.75. The zero-order valence-corrected chi connectivity index (χ0v) is 9.28. The Bertz CT molecular complexity index is 356. The Morgan fingerprint density at radius 3 is 2.27 bits per heavy atom. The van der Waals surface area contributed by atoms with E-state index in [1.54, 1.807) is 20.3 Å². The first-order valence-corrected chi connectivity index (χ1v) is 4.75. The third-order valence-electron chi connectivity index (χ3n) is 2.21. The van der Waals surface area contributed by atoms with Crippen LogP contribution in [-0.4, -0.2) is 19.3 Å². The van der Waals surface area contributed by atoms with Gasteiger partial charge in [0.15, 0.2) is 0 Å². The Morgan fingerprint density at radius 1 is 1.20 bits per heavy atom. The average molecular weight is 208 g/mol. The van der Waals surface area contributed by atoms with Gasteiger partial charge in [-0.05, 0) is 19.1 Å². The molecule has 1 N–H and O–H groups in total. The maximum atomic E-state index is 9.31. The van der Waals surface area contributed by atoms with Crippen LogP contribution in [0.5, 0.6) is 11.5 Å². The van der Waals surface area contributed by atoms with Crippen molar-refractivity contribution in [2.75, 3.05) is 14.2 Å². The lowest BCUT2D eigenvalue weighted by Crippen LogP contribution is -1.98. The van der Waals surface area contributed by atoms with Crippen LogP contribution in [0.1, 0.15) is 18.1 Å². The van der Waals surface area contributed by atoms with E-state index in [1.165, 1.54) is 0 Å². The summed E-state index contributed by atoms with van der Waals surface area (Å²) in [6.07, 6.45) is 3.80. The van der Waals surface area contributed by atoms with Crippen LogP contribution < -0.4 is 9.47 Å². The van der Waals surface area contributed by atoms with Gasteiger partial charge in [0.25, 0.3) is 0 Å². The topological polar surface area (TPSA) is 38.7 Å². The van der Waals surface area contributed by atoms with E-state index in [1.807, 2.05) is 25.1 Å². The smallest absolute Gasteiger partial charge is 0.126 e. The van der Waals surface area contributed by atoms with Crippen molar-refractivity contribution in [2.45, 2.75) is 13.5 Å². The van der Waals surface area contributed by atoms with E-state index in [0.29, 0.717) is 5.75 Å². The lowest BCUT2D eigenvalue weighted by molar-refractivity contribution is 0.272. The van der Waals surface area contributed by atoms with E-state index in [0.717, 1.165) is 16.9 Å². The number of benzene rings is 1. The Labute approximate surface area is 90.0 Å². The van der Waals surface area contributed by atoms with E-state index < -0.39 is 0 Å². The number of allylic oxidation sites excluding steroid dienone is 1. The standard InChI is InChI=1S/C12H16O3/c1-4-5-9-10(8-13)12(15-3)7-6-11(9)14-2/h4-7,13H,8H2,1-3H3/b5-4+. The van der Waals surface area contributed by atoms with E-state index in [-0.39, 0.29) is 6.61 Å². The van der Waals surface area contributed by atoms with Crippen LogP contribution in [0.4, 0.5) is 0 Å². The molecule has 0 unspecified atom stereocenters. The molecule has 1 aromatic rings. The largest absolute Gasteiger partial charge is 0.496 e. The molecule has 0 heterocycles. The average Bonchev–Trinajstić information content (AvgIpc) is 2.28. The molecule has 0 saturated heterocycles. The first-order chi connectivity index (χ1) is 7.28. The molecule has 82 valence electrons. The summed E-state index contributed by atoms with van der Waals surface area (Å²) in [4.78, 5) is 0. The van der Waals surface area contributed by atoms with Crippen molar-refractivity contribution in [3.8, 4) is 11.5 Å². The quantitative estimate of drug-likeness (QED) is 0.824. The van der Waals surface area contributed by atoms with Gasteiger partial charge in [-0.2, -0.15) is 0 Å². The third-order valence-corrected chi connectivity index (χ3v) is 2.21. The highest BCUT2D eigenvalue weighted by Crippen LogP contribution is 2.31. The lowest BCUT2D eigenvalue weighted by atomic mass is 10.1. The molecule has 0 fully saturated rings. The number of aliphatic hydroxyl groups is 1. The predicted molar refractivity (Wildman–Crippen MR) is 60.2 cm³/mol. The Kier molecular flexibility index (Phi) is 4.18. The fraction of sp³-hybridized carbons (Fsp3) is 0.333. The maximum absolute atomic E-state index is 9.31. The monoisotopic (exact) mass is 208 g/mol. The van der Waals surface area contributed by atoms with Gasteiger partial charge in [-0.25, -0.2) is 0 Å². The Balaban J connectivity index is 3.37. The molecule has 0 aliphatic heterocycles. The van der Waals surface area contributed by atoms with Gasteiger partial charge < -0.3 is 14.6 Å². The molecule has 3 heteroatoms. The fourth-order valence-corrected chi connectivity index (χ4v) is 1.50. The number of hydrogen-bond donors (Lipinski definition) is 1. The molecule has 0 bridgehead atoms. The van der Waals surface area contributed by atoms with E-state index in [9.17, 15) is 5.11 Å². The summed E-state index contributed by atoms with van der Waals surface area (Å²) in [6.45, 7) is 1.85. The van der Waals surface area contributed by atoms with Crippen molar-refractivity contribution in [3.05, 3.63) is 29.3 Å². The molecule has 0 saturated carbocycles. The molecule has 1 rings (SSSR count). The van der Waals surface area contributed by atoms with Crippen molar-refractivity contribution in [2.24, 2.45) is 0 Å². The van der Waals surface area contributed by atoms with E-state index in [4.69, 9.17) is 9.47 Å². The fourth-order valence-electron chi connectivity index (χ4n) is 1.50. The number of hydrogen-bond acceptors (Lipinski definition) is 3. The van der Waals surface area contributed by atoms with Crippen LogP contribution in [0.2, 0.25) is 0 Å². The van der Waals surface area contributed by atoms with Gasteiger partial charge in [-0.3, -0.25) is 0 Å². The number of rotatable bonds is 4.